The average Bonchev–Trinajstić information content (AvgIpc) is 2.86. The summed E-state index contributed by atoms with van der Waals surface area (Å²) in [5.41, 5.74) is 2.79. The number of nitrogens with one attached hydrogen (secondary N) is 2. The molecule has 2 rings (SSSR count). The van der Waals surface area contributed by atoms with Gasteiger partial charge in [-0.15, -0.1) is 0 Å². The molecule has 4 nitrogen and oxygen atoms in total. The fourth-order valence-electron chi connectivity index (χ4n) is 1.68. The van der Waals surface area contributed by atoms with E-state index in [0.29, 0.717) is 5.56 Å². The molecule has 0 radical (unpaired) electrons. The Kier molecular flexibility index (Phi) is 4.00. The first-order chi connectivity index (χ1) is 8.59. The molecule has 2 N–H and O–H groups in total. The van der Waals surface area contributed by atoms with E-state index in [1.165, 1.54) is 0 Å². The number of aromatic amines is 1. The van der Waals surface area contributed by atoms with Gasteiger partial charge in [0.15, 0.2) is 0 Å². The maximum absolute atomic E-state index is 12.2. The van der Waals surface area contributed by atoms with Gasteiger partial charge in [0.1, 0.15) is 0 Å². The van der Waals surface area contributed by atoms with Crippen LogP contribution in [0.25, 0.3) is 0 Å². The monoisotopic (exact) mass is 355 g/mol. The van der Waals surface area contributed by atoms with Crippen molar-refractivity contribution in [2.45, 2.75) is 19.9 Å². The summed E-state index contributed by atoms with van der Waals surface area (Å²) in [5, 5.41) is 9.58. The van der Waals surface area contributed by atoms with E-state index in [4.69, 9.17) is 0 Å². The average molecular weight is 355 g/mol. The van der Waals surface area contributed by atoms with Gasteiger partial charge in [0.05, 0.1) is 17.8 Å². The van der Waals surface area contributed by atoms with Gasteiger partial charge in [0.25, 0.3) is 5.91 Å². The molecule has 0 aliphatic heterocycles. The fraction of sp³-hybridized carbons (Fsp3) is 0.231. The molecule has 1 aromatic carbocycles. The molecular formula is C13H14IN3O. The van der Waals surface area contributed by atoms with E-state index < -0.39 is 0 Å². The van der Waals surface area contributed by atoms with Gasteiger partial charge in [-0.1, -0.05) is 12.1 Å². The van der Waals surface area contributed by atoms with Crippen LogP contribution in [0.2, 0.25) is 0 Å². The van der Waals surface area contributed by atoms with Crippen LogP contribution in [0.15, 0.2) is 30.6 Å². The first-order valence-corrected chi connectivity index (χ1v) is 6.72. The van der Waals surface area contributed by atoms with Crippen LogP contribution < -0.4 is 5.32 Å². The molecule has 1 unspecified atom stereocenters. The van der Waals surface area contributed by atoms with E-state index in [0.717, 1.165) is 14.7 Å². The number of H-pyrrole nitrogens is 1. The maximum atomic E-state index is 12.2. The SMILES string of the molecule is Cc1cccc(C(=O)NC(C)c2cn[nH]c2)c1I. The van der Waals surface area contributed by atoms with Crippen LogP contribution in [-0.4, -0.2) is 16.1 Å². The van der Waals surface area contributed by atoms with E-state index in [-0.39, 0.29) is 11.9 Å². The van der Waals surface area contributed by atoms with Crippen molar-refractivity contribution in [1.82, 2.24) is 15.5 Å². The Balaban J connectivity index is 2.15. The molecule has 0 spiro atoms. The van der Waals surface area contributed by atoms with Gasteiger partial charge in [0, 0.05) is 15.3 Å². The van der Waals surface area contributed by atoms with Crippen LogP contribution in [-0.2, 0) is 0 Å². The number of aromatic nitrogens is 2. The van der Waals surface area contributed by atoms with Crippen molar-refractivity contribution in [3.63, 3.8) is 0 Å². The van der Waals surface area contributed by atoms with Gasteiger partial charge in [-0.25, -0.2) is 0 Å². The Bertz CT molecular complexity index is 551. The van der Waals surface area contributed by atoms with Crippen LogP contribution in [0, 0.1) is 10.5 Å². The van der Waals surface area contributed by atoms with E-state index in [9.17, 15) is 4.79 Å². The molecule has 18 heavy (non-hydrogen) atoms. The lowest BCUT2D eigenvalue weighted by Gasteiger charge is -2.13. The summed E-state index contributed by atoms with van der Waals surface area (Å²) in [5.74, 6) is -0.0585. The molecule has 0 fully saturated rings. The molecule has 2 aromatic rings. The van der Waals surface area contributed by atoms with E-state index in [2.05, 4.69) is 38.1 Å². The Labute approximate surface area is 119 Å². The van der Waals surface area contributed by atoms with Crippen LogP contribution in [0.4, 0.5) is 0 Å². The number of carbonyl (C=O) groups is 1. The highest BCUT2D eigenvalue weighted by Crippen LogP contribution is 2.18. The summed E-state index contributed by atoms with van der Waals surface area (Å²) in [6.45, 7) is 3.93. The third-order valence-electron chi connectivity index (χ3n) is 2.80. The summed E-state index contributed by atoms with van der Waals surface area (Å²) in [4.78, 5) is 12.2. The molecule has 1 amide bonds. The van der Waals surface area contributed by atoms with Gasteiger partial charge in [-0.05, 0) is 48.1 Å². The van der Waals surface area contributed by atoms with Crippen molar-refractivity contribution in [1.29, 1.82) is 0 Å². The molecule has 0 saturated heterocycles. The van der Waals surface area contributed by atoms with E-state index >= 15 is 0 Å². The number of benzene rings is 1. The number of hydrogen-bond donors (Lipinski definition) is 2. The van der Waals surface area contributed by atoms with Crippen molar-refractivity contribution in [2.24, 2.45) is 0 Å². The normalized spacial score (nSPS) is 12.2. The van der Waals surface area contributed by atoms with Crippen LogP contribution in [0.1, 0.15) is 34.5 Å². The smallest absolute Gasteiger partial charge is 0.252 e. The molecule has 1 atom stereocenters. The lowest BCUT2D eigenvalue weighted by molar-refractivity contribution is 0.0939. The fourth-order valence-corrected chi connectivity index (χ4v) is 2.28. The topological polar surface area (TPSA) is 57.8 Å². The predicted octanol–water partition coefficient (Wildman–Crippen LogP) is 2.81. The molecule has 0 saturated carbocycles. The van der Waals surface area contributed by atoms with Crippen LogP contribution in [0.5, 0.6) is 0 Å². The number of amides is 1. The standard InChI is InChI=1S/C13H14IN3O/c1-8-4-3-5-11(12(8)14)13(18)17-9(2)10-6-15-16-7-10/h3-7,9H,1-2H3,(H,15,16)(H,17,18). The second-order valence-corrected chi connectivity index (χ2v) is 5.24. The number of nitrogens with zero attached hydrogens (tertiary/aromatic N) is 1. The molecule has 94 valence electrons. The zero-order valence-electron chi connectivity index (χ0n) is 10.2. The Morgan fingerprint density at radius 2 is 2.28 bits per heavy atom. The highest BCUT2D eigenvalue weighted by Gasteiger charge is 2.15. The zero-order valence-corrected chi connectivity index (χ0v) is 12.4. The lowest BCUT2D eigenvalue weighted by atomic mass is 10.1. The minimum Gasteiger partial charge on any atom is -0.345 e. The van der Waals surface area contributed by atoms with Gasteiger partial charge < -0.3 is 5.32 Å². The minimum atomic E-state index is -0.0624. The molecule has 0 bridgehead atoms. The highest BCUT2D eigenvalue weighted by atomic mass is 127. The first-order valence-electron chi connectivity index (χ1n) is 5.64. The number of halogens is 1. The van der Waals surface area contributed by atoms with Crippen molar-refractivity contribution < 1.29 is 4.79 Å². The number of hydrogen-bond acceptors (Lipinski definition) is 2. The Morgan fingerprint density at radius 1 is 1.50 bits per heavy atom. The summed E-state index contributed by atoms with van der Waals surface area (Å²) in [7, 11) is 0. The van der Waals surface area contributed by atoms with Crippen LogP contribution >= 0.6 is 22.6 Å². The molecular weight excluding hydrogens is 341 g/mol. The quantitative estimate of drug-likeness (QED) is 0.832. The molecule has 0 aliphatic carbocycles. The third-order valence-corrected chi connectivity index (χ3v) is 4.24. The predicted molar refractivity (Wildman–Crippen MR) is 78.4 cm³/mol. The van der Waals surface area contributed by atoms with Gasteiger partial charge in [0.2, 0.25) is 0 Å². The largest absolute Gasteiger partial charge is 0.345 e. The van der Waals surface area contributed by atoms with Crippen molar-refractivity contribution in [2.75, 3.05) is 0 Å². The molecule has 1 heterocycles. The Morgan fingerprint density at radius 3 is 2.94 bits per heavy atom. The van der Waals surface area contributed by atoms with Crippen LogP contribution in [0.3, 0.4) is 0 Å². The van der Waals surface area contributed by atoms with E-state index in [1.807, 2.05) is 32.0 Å². The second-order valence-electron chi connectivity index (χ2n) is 4.16. The van der Waals surface area contributed by atoms with Crippen molar-refractivity contribution in [3.8, 4) is 0 Å². The minimum absolute atomic E-state index is 0.0585. The van der Waals surface area contributed by atoms with Gasteiger partial charge >= 0.3 is 0 Å². The second kappa shape index (κ2) is 5.51. The highest BCUT2D eigenvalue weighted by molar-refractivity contribution is 14.1. The lowest BCUT2D eigenvalue weighted by Crippen LogP contribution is -2.27. The first kappa shape index (κ1) is 13.1. The molecule has 5 heteroatoms. The van der Waals surface area contributed by atoms with Crippen molar-refractivity contribution in [3.05, 3.63) is 50.9 Å². The summed E-state index contributed by atoms with van der Waals surface area (Å²) >= 11 is 2.20. The number of rotatable bonds is 3. The summed E-state index contributed by atoms with van der Waals surface area (Å²) in [6.07, 6.45) is 3.50. The molecule has 0 aliphatic rings. The number of aryl methyl sites for hydroxylation is 1. The maximum Gasteiger partial charge on any atom is 0.252 e. The zero-order chi connectivity index (χ0) is 13.1. The Hall–Kier alpha value is -1.37. The number of carbonyl (C=O) groups excluding carboxylic acids is 1. The van der Waals surface area contributed by atoms with Gasteiger partial charge in [-0.2, -0.15) is 5.10 Å². The molecule has 1 aromatic heterocycles. The third kappa shape index (κ3) is 2.72. The summed E-state index contributed by atoms with van der Waals surface area (Å²) < 4.78 is 0.993. The van der Waals surface area contributed by atoms with Gasteiger partial charge in [-0.3, -0.25) is 9.89 Å². The van der Waals surface area contributed by atoms with E-state index in [1.54, 1.807) is 12.4 Å². The summed E-state index contributed by atoms with van der Waals surface area (Å²) in [6, 6.07) is 5.67. The van der Waals surface area contributed by atoms with Crippen molar-refractivity contribution >= 4 is 28.5 Å².